The van der Waals surface area contributed by atoms with Crippen molar-refractivity contribution in [1.29, 1.82) is 0 Å². The Labute approximate surface area is 95.6 Å². The van der Waals surface area contributed by atoms with Crippen LogP contribution < -0.4 is 5.32 Å². The summed E-state index contributed by atoms with van der Waals surface area (Å²) in [6.07, 6.45) is 0. The van der Waals surface area contributed by atoms with Crippen molar-refractivity contribution in [3.8, 4) is 0 Å². The van der Waals surface area contributed by atoms with Gasteiger partial charge in [0.05, 0.1) is 0 Å². The molecule has 3 N–H and O–H groups in total. The third-order valence-electron chi connectivity index (χ3n) is 2.53. The predicted molar refractivity (Wildman–Crippen MR) is 56.9 cm³/mol. The summed E-state index contributed by atoms with van der Waals surface area (Å²) in [5, 5.41) is 21.0. The van der Waals surface area contributed by atoms with Crippen molar-refractivity contribution in [2.75, 3.05) is 5.32 Å². The molecule has 0 aromatic heterocycles. The summed E-state index contributed by atoms with van der Waals surface area (Å²) in [5.41, 5.74) is 0.914. The molecule has 0 bridgehead atoms. The van der Waals surface area contributed by atoms with Crippen molar-refractivity contribution in [2.24, 2.45) is 0 Å². The predicted octanol–water partition coefficient (Wildman–Crippen LogP) is 1.39. The molecular weight excluding hydrogens is 234 g/mol. The van der Waals surface area contributed by atoms with Crippen LogP contribution in [0.25, 0.3) is 0 Å². The molecule has 1 aliphatic heterocycles. The third kappa shape index (κ3) is 1.59. The van der Waals surface area contributed by atoms with E-state index in [4.69, 9.17) is 21.8 Å². The fraction of sp³-hybridized carbons (Fsp3) is 0.200. The van der Waals surface area contributed by atoms with E-state index < -0.39 is 23.9 Å². The van der Waals surface area contributed by atoms with E-state index >= 15 is 0 Å². The van der Waals surface area contributed by atoms with Crippen molar-refractivity contribution >= 4 is 29.2 Å². The van der Waals surface area contributed by atoms with E-state index in [1.54, 1.807) is 6.07 Å². The van der Waals surface area contributed by atoms with Crippen LogP contribution in [0.3, 0.4) is 0 Å². The molecule has 0 amide bonds. The molecule has 6 heteroatoms. The Morgan fingerprint density at radius 2 is 1.94 bits per heavy atom. The van der Waals surface area contributed by atoms with Crippen LogP contribution in [0.4, 0.5) is 5.69 Å². The average molecular weight is 242 g/mol. The second kappa shape index (κ2) is 3.68. The maximum Gasteiger partial charge on any atom is 0.327 e. The molecule has 1 heterocycles. The lowest BCUT2D eigenvalue weighted by Gasteiger charge is -2.11. The van der Waals surface area contributed by atoms with Crippen LogP contribution in [0.15, 0.2) is 18.2 Å². The second-order valence-corrected chi connectivity index (χ2v) is 3.94. The molecule has 84 valence electrons. The molecule has 1 aromatic carbocycles. The number of rotatable bonds is 2. The van der Waals surface area contributed by atoms with E-state index in [0.29, 0.717) is 16.3 Å². The van der Waals surface area contributed by atoms with Crippen LogP contribution in [-0.4, -0.2) is 28.2 Å². The normalized spacial score (nSPS) is 22.3. The lowest BCUT2D eigenvalue weighted by atomic mass is 9.95. The summed E-state index contributed by atoms with van der Waals surface area (Å²) in [5.74, 6) is -3.44. The number of benzene rings is 1. The average Bonchev–Trinajstić information content (AvgIpc) is 2.55. The molecule has 0 radical (unpaired) electrons. The molecule has 1 aromatic rings. The first-order valence-electron chi connectivity index (χ1n) is 4.52. The molecule has 0 fully saturated rings. The molecule has 2 atom stereocenters. The highest BCUT2D eigenvalue weighted by atomic mass is 35.5. The molecule has 0 saturated heterocycles. The monoisotopic (exact) mass is 241 g/mol. The van der Waals surface area contributed by atoms with Crippen LogP contribution >= 0.6 is 11.6 Å². The van der Waals surface area contributed by atoms with E-state index in [0.717, 1.165) is 0 Å². The number of carbonyl (C=O) groups is 2. The van der Waals surface area contributed by atoms with Gasteiger partial charge in [0, 0.05) is 10.7 Å². The molecule has 5 nitrogen and oxygen atoms in total. The Kier molecular flexibility index (Phi) is 2.47. The number of hydrogen-bond donors (Lipinski definition) is 3. The minimum Gasteiger partial charge on any atom is -0.481 e. The van der Waals surface area contributed by atoms with Gasteiger partial charge in [0.2, 0.25) is 0 Å². The Morgan fingerprint density at radius 3 is 2.50 bits per heavy atom. The zero-order valence-corrected chi connectivity index (χ0v) is 8.73. The summed E-state index contributed by atoms with van der Waals surface area (Å²) >= 11 is 5.74. The Hall–Kier alpha value is -1.75. The van der Waals surface area contributed by atoms with Gasteiger partial charge in [-0.1, -0.05) is 17.7 Å². The van der Waals surface area contributed by atoms with Crippen LogP contribution in [0.1, 0.15) is 11.5 Å². The molecule has 0 aliphatic carbocycles. The summed E-state index contributed by atoms with van der Waals surface area (Å²) in [4.78, 5) is 21.9. The van der Waals surface area contributed by atoms with Gasteiger partial charge in [0.15, 0.2) is 0 Å². The van der Waals surface area contributed by atoms with Crippen LogP contribution in [0, 0.1) is 0 Å². The molecule has 2 rings (SSSR count). The summed E-state index contributed by atoms with van der Waals surface area (Å²) in [7, 11) is 0. The number of carboxylic acids is 2. The lowest BCUT2D eigenvalue weighted by Crippen LogP contribution is -2.34. The van der Waals surface area contributed by atoms with E-state index in [1.807, 2.05) is 0 Å². The topological polar surface area (TPSA) is 86.6 Å². The van der Waals surface area contributed by atoms with Crippen molar-refractivity contribution in [3.05, 3.63) is 28.8 Å². The maximum absolute atomic E-state index is 11.0. The Bertz CT molecular complexity index is 474. The van der Waals surface area contributed by atoms with Crippen LogP contribution in [0.2, 0.25) is 5.02 Å². The van der Waals surface area contributed by atoms with Crippen molar-refractivity contribution in [3.63, 3.8) is 0 Å². The van der Waals surface area contributed by atoms with Gasteiger partial charge in [-0.15, -0.1) is 0 Å². The largest absolute Gasteiger partial charge is 0.481 e. The van der Waals surface area contributed by atoms with E-state index in [1.165, 1.54) is 12.1 Å². The zero-order valence-electron chi connectivity index (χ0n) is 7.98. The summed E-state index contributed by atoms with van der Waals surface area (Å²) in [6.45, 7) is 0. The highest BCUT2D eigenvalue weighted by Crippen LogP contribution is 2.37. The highest BCUT2D eigenvalue weighted by molar-refractivity contribution is 6.31. The van der Waals surface area contributed by atoms with Crippen molar-refractivity contribution in [1.82, 2.24) is 0 Å². The standard InChI is InChI=1S/C10H8ClNO4/c11-4-1-2-5-6(3-4)12-8(10(15)16)7(5)9(13)14/h1-3,7-8,12H,(H,13,14)(H,15,16)/t7-,8-/m1/s1. The maximum atomic E-state index is 11.0. The van der Waals surface area contributed by atoms with Crippen molar-refractivity contribution in [2.45, 2.75) is 12.0 Å². The molecule has 0 spiro atoms. The van der Waals surface area contributed by atoms with Gasteiger partial charge in [-0.25, -0.2) is 4.79 Å². The third-order valence-corrected chi connectivity index (χ3v) is 2.76. The lowest BCUT2D eigenvalue weighted by molar-refractivity contribution is -0.145. The van der Waals surface area contributed by atoms with Crippen molar-refractivity contribution < 1.29 is 19.8 Å². The number of nitrogens with one attached hydrogen (secondary N) is 1. The number of carboxylic acid groups (broad SMARTS) is 2. The van der Waals surface area contributed by atoms with Gasteiger partial charge >= 0.3 is 11.9 Å². The quantitative estimate of drug-likeness (QED) is 0.728. The number of hydrogen-bond acceptors (Lipinski definition) is 3. The first-order valence-corrected chi connectivity index (χ1v) is 4.90. The molecule has 16 heavy (non-hydrogen) atoms. The van der Waals surface area contributed by atoms with E-state index in [2.05, 4.69) is 5.32 Å². The van der Waals surface area contributed by atoms with Gasteiger partial charge < -0.3 is 15.5 Å². The minimum atomic E-state index is -1.19. The van der Waals surface area contributed by atoms with Gasteiger partial charge in [-0.3, -0.25) is 4.79 Å². The number of aliphatic carboxylic acids is 2. The van der Waals surface area contributed by atoms with Gasteiger partial charge in [0.25, 0.3) is 0 Å². The first-order chi connectivity index (χ1) is 7.50. The van der Waals surface area contributed by atoms with E-state index in [-0.39, 0.29) is 0 Å². The Morgan fingerprint density at radius 1 is 1.25 bits per heavy atom. The first kappa shape index (κ1) is 10.8. The number of halogens is 1. The minimum absolute atomic E-state index is 0.432. The summed E-state index contributed by atoms with van der Waals surface area (Å²) < 4.78 is 0. The SMILES string of the molecule is O=C(O)[C@@H]1c2ccc(Cl)cc2N[C@H]1C(=O)O. The number of fused-ring (bicyclic) bond motifs is 1. The number of anilines is 1. The van der Waals surface area contributed by atoms with Crippen LogP contribution in [0.5, 0.6) is 0 Å². The van der Waals surface area contributed by atoms with E-state index in [9.17, 15) is 9.59 Å². The van der Waals surface area contributed by atoms with Crippen LogP contribution in [-0.2, 0) is 9.59 Å². The van der Waals surface area contributed by atoms with Gasteiger partial charge in [-0.2, -0.15) is 0 Å². The zero-order chi connectivity index (χ0) is 11.9. The Balaban J connectivity index is 2.49. The molecular formula is C10H8ClNO4. The second-order valence-electron chi connectivity index (χ2n) is 3.51. The fourth-order valence-electron chi connectivity index (χ4n) is 1.84. The molecule has 0 saturated carbocycles. The molecule has 1 aliphatic rings. The fourth-order valence-corrected chi connectivity index (χ4v) is 2.01. The van der Waals surface area contributed by atoms with Gasteiger partial charge in [0.1, 0.15) is 12.0 Å². The highest BCUT2D eigenvalue weighted by Gasteiger charge is 2.41. The van der Waals surface area contributed by atoms with Gasteiger partial charge in [-0.05, 0) is 17.7 Å². The summed E-state index contributed by atoms with van der Waals surface area (Å²) in [6, 6.07) is 3.45. The molecule has 0 unspecified atom stereocenters. The smallest absolute Gasteiger partial charge is 0.327 e.